The molecule has 1 saturated heterocycles. The molecule has 2 heteroatoms. The third-order valence-electron chi connectivity index (χ3n) is 3.45. The summed E-state index contributed by atoms with van der Waals surface area (Å²) in [5.74, 6) is 2.94. The van der Waals surface area contributed by atoms with Crippen LogP contribution in [0.1, 0.15) is 40.5 Å². The Morgan fingerprint density at radius 3 is 2.69 bits per heavy atom. The van der Waals surface area contributed by atoms with Gasteiger partial charge in [0.05, 0.1) is 6.04 Å². The molecule has 0 radical (unpaired) electrons. The van der Waals surface area contributed by atoms with Gasteiger partial charge in [0, 0.05) is 25.7 Å². The minimum Gasteiger partial charge on any atom is -0.311 e. The molecule has 0 saturated carbocycles. The molecule has 0 aromatic rings. The standard InChI is InChI=1S/C14H26N2/c1-6-8-12(7-2)16-10-9-15-13(11-16)14(3,4)5/h2,12-13,15H,6,8-11H2,1,3-5H3. The summed E-state index contributed by atoms with van der Waals surface area (Å²) in [5.41, 5.74) is 0.310. The Labute approximate surface area is 101 Å². The van der Waals surface area contributed by atoms with Gasteiger partial charge in [-0.25, -0.2) is 0 Å². The lowest BCUT2D eigenvalue weighted by molar-refractivity contribution is 0.113. The van der Waals surface area contributed by atoms with Crippen LogP contribution in [-0.4, -0.2) is 36.6 Å². The first kappa shape index (κ1) is 13.5. The zero-order valence-corrected chi connectivity index (χ0v) is 11.2. The molecule has 0 aromatic heterocycles. The Kier molecular flexibility index (Phi) is 4.83. The van der Waals surface area contributed by atoms with Crippen molar-refractivity contribution in [2.24, 2.45) is 5.41 Å². The topological polar surface area (TPSA) is 15.3 Å². The van der Waals surface area contributed by atoms with Gasteiger partial charge in [-0.1, -0.05) is 40.0 Å². The number of nitrogens with one attached hydrogen (secondary N) is 1. The van der Waals surface area contributed by atoms with Crippen molar-refractivity contribution < 1.29 is 0 Å². The maximum absolute atomic E-state index is 5.63. The van der Waals surface area contributed by atoms with E-state index in [-0.39, 0.29) is 0 Å². The average molecular weight is 222 g/mol. The third kappa shape index (κ3) is 3.50. The molecule has 1 N–H and O–H groups in total. The van der Waals surface area contributed by atoms with E-state index in [1.165, 1.54) is 6.42 Å². The molecule has 1 aliphatic rings. The molecule has 0 aliphatic carbocycles. The second-order valence-corrected chi connectivity index (χ2v) is 5.84. The summed E-state index contributed by atoms with van der Waals surface area (Å²) in [5, 5.41) is 3.60. The Morgan fingerprint density at radius 2 is 2.19 bits per heavy atom. The van der Waals surface area contributed by atoms with Crippen molar-refractivity contribution in [3.8, 4) is 12.3 Å². The van der Waals surface area contributed by atoms with E-state index in [2.05, 4.69) is 43.8 Å². The average Bonchev–Trinajstić information content (AvgIpc) is 2.25. The maximum atomic E-state index is 5.63. The number of terminal acetylenes is 1. The van der Waals surface area contributed by atoms with Crippen LogP contribution < -0.4 is 5.32 Å². The second kappa shape index (κ2) is 5.70. The molecule has 16 heavy (non-hydrogen) atoms. The van der Waals surface area contributed by atoms with Gasteiger partial charge in [0.25, 0.3) is 0 Å². The van der Waals surface area contributed by atoms with E-state index in [4.69, 9.17) is 6.42 Å². The number of rotatable bonds is 3. The van der Waals surface area contributed by atoms with Crippen LogP contribution in [0.15, 0.2) is 0 Å². The largest absolute Gasteiger partial charge is 0.311 e. The Balaban J connectivity index is 2.59. The number of hydrogen-bond acceptors (Lipinski definition) is 2. The van der Waals surface area contributed by atoms with Crippen molar-refractivity contribution in [1.29, 1.82) is 0 Å². The molecule has 0 amide bonds. The van der Waals surface area contributed by atoms with E-state index in [0.29, 0.717) is 17.5 Å². The van der Waals surface area contributed by atoms with Gasteiger partial charge >= 0.3 is 0 Å². The van der Waals surface area contributed by atoms with Crippen LogP contribution in [0.3, 0.4) is 0 Å². The smallest absolute Gasteiger partial charge is 0.0712 e. The first-order valence-electron chi connectivity index (χ1n) is 6.42. The molecule has 1 aliphatic heterocycles. The van der Waals surface area contributed by atoms with E-state index in [1.54, 1.807) is 0 Å². The molecule has 1 rings (SSSR count). The molecule has 0 aromatic carbocycles. The SMILES string of the molecule is C#CC(CCC)N1CCNC(C(C)(C)C)C1. The second-order valence-electron chi connectivity index (χ2n) is 5.84. The van der Waals surface area contributed by atoms with Gasteiger partial charge < -0.3 is 5.32 Å². The van der Waals surface area contributed by atoms with Crippen molar-refractivity contribution in [3.05, 3.63) is 0 Å². The number of piperazine rings is 1. The highest BCUT2D eigenvalue weighted by atomic mass is 15.2. The molecule has 2 nitrogen and oxygen atoms in total. The van der Waals surface area contributed by atoms with Crippen LogP contribution in [0.4, 0.5) is 0 Å². The molecule has 0 spiro atoms. The van der Waals surface area contributed by atoms with Gasteiger partial charge in [0.2, 0.25) is 0 Å². The Hall–Kier alpha value is -0.520. The fraction of sp³-hybridized carbons (Fsp3) is 0.857. The summed E-state index contributed by atoms with van der Waals surface area (Å²) in [6.07, 6.45) is 7.92. The zero-order chi connectivity index (χ0) is 12.2. The molecule has 2 atom stereocenters. The Bertz CT molecular complexity index is 246. The van der Waals surface area contributed by atoms with Crippen LogP contribution in [0.5, 0.6) is 0 Å². The van der Waals surface area contributed by atoms with Crippen LogP contribution in [0, 0.1) is 17.8 Å². The predicted molar refractivity (Wildman–Crippen MR) is 70.3 cm³/mol. The van der Waals surface area contributed by atoms with E-state index in [9.17, 15) is 0 Å². The molecule has 1 fully saturated rings. The molecule has 2 unspecified atom stereocenters. The minimum absolute atomic E-state index is 0.310. The van der Waals surface area contributed by atoms with Gasteiger partial charge in [-0.2, -0.15) is 0 Å². The van der Waals surface area contributed by atoms with Crippen LogP contribution in [0.25, 0.3) is 0 Å². The molecule has 0 bridgehead atoms. The van der Waals surface area contributed by atoms with Gasteiger partial charge in [-0.05, 0) is 11.8 Å². The predicted octanol–water partition coefficient (Wildman–Crippen LogP) is 2.11. The highest BCUT2D eigenvalue weighted by Crippen LogP contribution is 2.23. The van der Waals surface area contributed by atoms with Gasteiger partial charge in [0.15, 0.2) is 0 Å². The summed E-state index contributed by atoms with van der Waals surface area (Å²) in [4.78, 5) is 2.47. The van der Waals surface area contributed by atoms with Crippen molar-refractivity contribution in [2.75, 3.05) is 19.6 Å². The molecular weight excluding hydrogens is 196 g/mol. The van der Waals surface area contributed by atoms with Gasteiger partial charge in [-0.3, -0.25) is 4.90 Å². The van der Waals surface area contributed by atoms with E-state index in [1.807, 2.05) is 0 Å². The lowest BCUT2D eigenvalue weighted by Crippen LogP contribution is -2.57. The maximum Gasteiger partial charge on any atom is 0.0712 e. The van der Waals surface area contributed by atoms with Crippen LogP contribution >= 0.6 is 0 Å². The van der Waals surface area contributed by atoms with Gasteiger partial charge in [0.1, 0.15) is 0 Å². The van der Waals surface area contributed by atoms with E-state index < -0.39 is 0 Å². The zero-order valence-electron chi connectivity index (χ0n) is 11.2. The highest BCUT2D eigenvalue weighted by molar-refractivity contribution is 5.02. The normalized spacial score (nSPS) is 25.1. The highest BCUT2D eigenvalue weighted by Gasteiger charge is 2.31. The van der Waals surface area contributed by atoms with Crippen LogP contribution in [0.2, 0.25) is 0 Å². The lowest BCUT2D eigenvalue weighted by Gasteiger charge is -2.42. The summed E-state index contributed by atoms with van der Waals surface area (Å²) >= 11 is 0. The quantitative estimate of drug-likeness (QED) is 0.736. The van der Waals surface area contributed by atoms with E-state index >= 15 is 0 Å². The first-order valence-corrected chi connectivity index (χ1v) is 6.42. The number of nitrogens with zero attached hydrogens (tertiary/aromatic N) is 1. The Morgan fingerprint density at radius 1 is 1.50 bits per heavy atom. The molecule has 1 heterocycles. The molecular formula is C14H26N2. The van der Waals surface area contributed by atoms with Gasteiger partial charge in [-0.15, -0.1) is 6.42 Å². The summed E-state index contributed by atoms with van der Waals surface area (Å²) in [6.45, 7) is 12.3. The first-order chi connectivity index (χ1) is 7.49. The fourth-order valence-electron chi connectivity index (χ4n) is 2.28. The third-order valence-corrected chi connectivity index (χ3v) is 3.45. The van der Waals surface area contributed by atoms with E-state index in [0.717, 1.165) is 26.1 Å². The monoisotopic (exact) mass is 222 g/mol. The summed E-state index contributed by atoms with van der Waals surface area (Å²) in [7, 11) is 0. The van der Waals surface area contributed by atoms with Crippen molar-refractivity contribution in [3.63, 3.8) is 0 Å². The summed E-state index contributed by atoms with van der Waals surface area (Å²) < 4.78 is 0. The van der Waals surface area contributed by atoms with Crippen molar-refractivity contribution in [2.45, 2.75) is 52.6 Å². The summed E-state index contributed by atoms with van der Waals surface area (Å²) in [6, 6.07) is 0.880. The fourth-order valence-corrected chi connectivity index (χ4v) is 2.28. The number of hydrogen-bond donors (Lipinski definition) is 1. The van der Waals surface area contributed by atoms with Crippen molar-refractivity contribution >= 4 is 0 Å². The van der Waals surface area contributed by atoms with Crippen LogP contribution in [-0.2, 0) is 0 Å². The van der Waals surface area contributed by atoms with Crippen molar-refractivity contribution in [1.82, 2.24) is 10.2 Å². The molecule has 92 valence electrons. The minimum atomic E-state index is 0.310. The lowest BCUT2D eigenvalue weighted by atomic mass is 9.85.